The lowest BCUT2D eigenvalue weighted by atomic mass is 10.1. The van der Waals surface area contributed by atoms with Crippen molar-refractivity contribution in [3.63, 3.8) is 0 Å². The molecule has 1 atom stereocenters. The standard InChI is InChI=1S/C29H54N2O14/c1-29(2,3)45-27(34)30-8-5-4-6-25(24-32)31-26(33)7-9-37-10-11-38-12-13-39-14-15-40-16-17-41-18-19-42-20-21-43-22-23-44-28(35)36/h24-25H,4-23H2,1-3H3,(H,30,34)(H,31,33)(H,35,36)/t25-/m0/s1. The minimum atomic E-state index is -1.32. The van der Waals surface area contributed by atoms with Crippen LogP contribution in [0.4, 0.5) is 9.59 Å². The molecule has 0 aliphatic rings. The minimum Gasteiger partial charge on any atom is -0.450 e. The Morgan fingerprint density at radius 3 is 1.49 bits per heavy atom. The van der Waals surface area contributed by atoms with Gasteiger partial charge in [-0.3, -0.25) is 4.79 Å². The Labute approximate surface area is 266 Å². The van der Waals surface area contributed by atoms with E-state index in [-0.39, 0.29) is 32.1 Å². The zero-order valence-corrected chi connectivity index (χ0v) is 27.1. The fourth-order valence-corrected chi connectivity index (χ4v) is 3.22. The highest BCUT2D eigenvalue weighted by atomic mass is 16.7. The zero-order chi connectivity index (χ0) is 33.4. The molecule has 0 saturated heterocycles. The van der Waals surface area contributed by atoms with Gasteiger partial charge in [0, 0.05) is 13.0 Å². The Hall–Kier alpha value is -2.60. The van der Waals surface area contributed by atoms with E-state index in [1.54, 1.807) is 20.8 Å². The highest BCUT2D eigenvalue weighted by Crippen LogP contribution is 2.06. The smallest absolute Gasteiger partial charge is 0.450 e. The molecule has 0 rings (SSSR count). The summed E-state index contributed by atoms with van der Waals surface area (Å²) in [5.41, 5.74) is -0.554. The lowest BCUT2D eigenvalue weighted by Crippen LogP contribution is -2.36. The van der Waals surface area contributed by atoms with Crippen LogP contribution in [0.3, 0.4) is 0 Å². The van der Waals surface area contributed by atoms with Gasteiger partial charge in [-0.2, -0.15) is 0 Å². The SMILES string of the molecule is CC(C)(C)OC(=O)NCCCC[C@@H](C=O)NC(=O)CCOCCOCCOCCOCCOCCOCCOCCOC(=O)O. The van der Waals surface area contributed by atoms with Crippen molar-refractivity contribution < 1.29 is 66.9 Å². The average molecular weight is 655 g/mol. The third kappa shape index (κ3) is 34.1. The molecule has 0 bridgehead atoms. The summed E-state index contributed by atoms with van der Waals surface area (Å²) in [7, 11) is 0. The summed E-state index contributed by atoms with van der Waals surface area (Å²) in [5.74, 6) is -0.266. The second-order valence-corrected chi connectivity index (χ2v) is 10.4. The van der Waals surface area contributed by atoms with Crippen molar-refractivity contribution in [3.8, 4) is 0 Å². The van der Waals surface area contributed by atoms with Crippen LogP contribution in [-0.2, 0) is 52.2 Å². The number of carbonyl (C=O) groups excluding carboxylic acids is 3. The van der Waals surface area contributed by atoms with Crippen LogP contribution in [0, 0.1) is 0 Å². The highest BCUT2D eigenvalue weighted by Gasteiger charge is 2.16. The molecule has 0 aromatic heterocycles. The van der Waals surface area contributed by atoms with Crippen molar-refractivity contribution in [2.24, 2.45) is 0 Å². The fraction of sp³-hybridized carbons (Fsp3) is 0.862. The number of carbonyl (C=O) groups is 4. The molecule has 0 heterocycles. The Morgan fingerprint density at radius 1 is 0.667 bits per heavy atom. The van der Waals surface area contributed by atoms with Crippen LogP contribution in [0.25, 0.3) is 0 Å². The first kappa shape index (κ1) is 42.4. The van der Waals surface area contributed by atoms with Crippen LogP contribution in [0.2, 0.25) is 0 Å². The highest BCUT2D eigenvalue weighted by molar-refractivity contribution is 5.79. The second kappa shape index (κ2) is 30.1. The molecule has 264 valence electrons. The van der Waals surface area contributed by atoms with E-state index >= 15 is 0 Å². The van der Waals surface area contributed by atoms with Gasteiger partial charge in [-0.1, -0.05) is 0 Å². The van der Waals surface area contributed by atoms with Crippen LogP contribution >= 0.6 is 0 Å². The topological polar surface area (TPSA) is 196 Å². The molecular formula is C29H54N2O14. The van der Waals surface area contributed by atoms with E-state index in [2.05, 4.69) is 15.4 Å². The Kier molecular flexibility index (Phi) is 28.3. The van der Waals surface area contributed by atoms with Gasteiger partial charge in [0.1, 0.15) is 18.5 Å². The lowest BCUT2D eigenvalue weighted by Gasteiger charge is -2.19. The summed E-state index contributed by atoms with van der Waals surface area (Å²) in [6.07, 6.45) is 0.846. The molecule has 0 aliphatic heterocycles. The largest absolute Gasteiger partial charge is 0.505 e. The normalized spacial score (nSPS) is 12.0. The lowest BCUT2D eigenvalue weighted by molar-refractivity contribution is -0.125. The predicted octanol–water partition coefficient (Wildman–Crippen LogP) is 1.57. The molecule has 45 heavy (non-hydrogen) atoms. The second-order valence-electron chi connectivity index (χ2n) is 10.4. The third-order valence-corrected chi connectivity index (χ3v) is 5.28. The van der Waals surface area contributed by atoms with Crippen molar-refractivity contribution in [1.82, 2.24) is 10.6 Å². The molecule has 0 saturated carbocycles. The van der Waals surface area contributed by atoms with Crippen LogP contribution in [0.1, 0.15) is 46.5 Å². The number of ether oxygens (including phenoxy) is 9. The van der Waals surface area contributed by atoms with Gasteiger partial charge in [0.15, 0.2) is 0 Å². The van der Waals surface area contributed by atoms with Crippen LogP contribution in [0.5, 0.6) is 0 Å². The number of rotatable bonds is 31. The first-order valence-electron chi connectivity index (χ1n) is 15.3. The molecule has 16 nitrogen and oxygen atoms in total. The number of aldehydes is 1. The van der Waals surface area contributed by atoms with Gasteiger partial charge in [0.2, 0.25) is 5.91 Å². The van der Waals surface area contributed by atoms with Gasteiger partial charge >= 0.3 is 12.2 Å². The first-order valence-corrected chi connectivity index (χ1v) is 15.3. The van der Waals surface area contributed by atoms with E-state index in [0.29, 0.717) is 111 Å². The average Bonchev–Trinajstić information content (AvgIpc) is 2.97. The Balaban J connectivity index is 3.38. The van der Waals surface area contributed by atoms with Crippen molar-refractivity contribution >= 4 is 24.4 Å². The molecule has 0 aromatic carbocycles. The molecule has 0 fully saturated rings. The molecule has 16 heteroatoms. The first-order chi connectivity index (χ1) is 21.6. The quantitative estimate of drug-likeness (QED) is 0.0553. The fourth-order valence-electron chi connectivity index (χ4n) is 3.22. The van der Waals surface area contributed by atoms with E-state index in [0.717, 1.165) is 0 Å². The number of alkyl carbamates (subject to hydrolysis) is 1. The number of hydrogen-bond donors (Lipinski definition) is 3. The molecule has 2 amide bonds. The summed E-state index contributed by atoms with van der Waals surface area (Å²) in [5, 5.41) is 13.6. The summed E-state index contributed by atoms with van der Waals surface area (Å²) in [4.78, 5) is 45.0. The predicted molar refractivity (Wildman–Crippen MR) is 160 cm³/mol. The number of nitrogens with one attached hydrogen (secondary N) is 2. The van der Waals surface area contributed by atoms with Gasteiger partial charge < -0.3 is 63.2 Å². The third-order valence-electron chi connectivity index (χ3n) is 5.28. The van der Waals surface area contributed by atoms with E-state index < -0.39 is 23.9 Å². The van der Waals surface area contributed by atoms with E-state index in [1.807, 2.05) is 0 Å². The van der Waals surface area contributed by atoms with Gasteiger partial charge in [0.25, 0.3) is 0 Å². The van der Waals surface area contributed by atoms with Crippen molar-refractivity contribution in [3.05, 3.63) is 0 Å². The van der Waals surface area contributed by atoms with Gasteiger partial charge in [-0.25, -0.2) is 9.59 Å². The molecule has 0 aromatic rings. The Bertz CT molecular complexity index is 751. The van der Waals surface area contributed by atoms with E-state index in [1.165, 1.54) is 0 Å². The maximum atomic E-state index is 12.0. The summed E-state index contributed by atoms with van der Waals surface area (Å²) >= 11 is 0. The van der Waals surface area contributed by atoms with Gasteiger partial charge in [-0.15, -0.1) is 0 Å². The van der Waals surface area contributed by atoms with Crippen molar-refractivity contribution in [2.75, 3.05) is 106 Å². The summed E-state index contributed by atoms with van der Waals surface area (Å²) in [6.45, 7) is 11.0. The van der Waals surface area contributed by atoms with Crippen LogP contribution in [-0.4, -0.2) is 147 Å². The van der Waals surface area contributed by atoms with E-state index in [4.69, 9.17) is 43.0 Å². The minimum absolute atomic E-state index is 0.00672. The molecular weight excluding hydrogens is 600 g/mol. The Morgan fingerprint density at radius 2 is 1.09 bits per heavy atom. The van der Waals surface area contributed by atoms with Crippen molar-refractivity contribution in [1.29, 1.82) is 0 Å². The van der Waals surface area contributed by atoms with Crippen LogP contribution in [0.15, 0.2) is 0 Å². The molecule has 3 N–H and O–H groups in total. The number of unbranched alkanes of at least 4 members (excludes halogenated alkanes) is 1. The number of amides is 2. The van der Waals surface area contributed by atoms with Crippen molar-refractivity contribution in [2.45, 2.75) is 58.1 Å². The summed E-state index contributed by atoms with van der Waals surface area (Å²) < 4.78 is 46.9. The molecule has 0 spiro atoms. The molecule has 0 unspecified atom stereocenters. The van der Waals surface area contributed by atoms with Gasteiger partial charge in [0.05, 0.1) is 98.5 Å². The van der Waals surface area contributed by atoms with Crippen LogP contribution < -0.4 is 10.6 Å². The monoisotopic (exact) mass is 654 g/mol. The zero-order valence-electron chi connectivity index (χ0n) is 27.1. The summed E-state index contributed by atoms with van der Waals surface area (Å²) in [6, 6.07) is -0.578. The number of carboxylic acid groups (broad SMARTS) is 1. The maximum absolute atomic E-state index is 12.0. The molecule has 0 aliphatic carbocycles. The van der Waals surface area contributed by atoms with E-state index in [9.17, 15) is 19.2 Å². The molecule has 0 radical (unpaired) electrons. The number of hydrogen-bond acceptors (Lipinski definition) is 13. The van der Waals surface area contributed by atoms with Gasteiger partial charge in [-0.05, 0) is 40.0 Å². The maximum Gasteiger partial charge on any atom is 0.505 e.